The van der Waals surface area contributed by atoms with Crippen LogP contribution >= 0.6 is 11.8 Å². The SMILES string of the molecule is CCCc1nccn1Cc1cccc(C(CCO)Sc2ccc3ncc([N+](=O)[O-])n3n2)c1C. The molecule has 33 heavy (non-hydrogen) atoms. The van der Waals surface area contributed by atoms with Crippen LogP contribution in [0.25, 0.3) is 5.65 Å². The Bertz CT molecular complexity index is 1270. The highest BCUT2D eigenvalue weighted by atomic mass is 32.2. The van der Waals surface area contributed by atoms with Crippen molar-refractivity contribution in [3.63, 3.8) is 0 Å². The Morgan fingerprint density at radius 1 is 1.24 bits per heavy atom. The topological polar surface area (TPSA) is 111 Å². The minimum atomic E-state index is -0.497. The van der Waals surface area contributed by atoms with Crippen molar-refractivity contribution in [1.82, 2.24) is 24.1 Å². The summed E-state index contributed by atoms with van der Waals surface area (Å²) in [5.74, 6) is 0.899. The van der Waals surface area contributed by atoms with Gasteiger partial charge in [0.2, 0.25) is 5.65 Å². The predicted octanol–water partition coefficient (Wildman–Crippen LogP) is 4.36. The number of rotatable bonds is 10. The number of aromatic nitrogens is 5. The molecule has 1 atom stereocenters. The Hall–Kier alpha value is -3.24. The van der Waals surface area contributed by atoms with E-state index in [4.69, 9.17) is 0 Å². The zero-order chi connectivity index (χ0) is 23.4. The molecule has 9 nitrogen and oxygen atoms in total. The molecule has 0 aliphatic rings. The van der Waals surface area contributed by atoms with Gasteiger partial charge in [-0.15, -0.1) is 0 Å². The highest BCUT2D eigenvalue weighted by Gasteiger charge is 2.21. The molecule has 10 heteroatoms. The number of aliphatic hydroxyl groups excluding tert-OH is 1. The Balaban J connectivity index is 1.63. The molecule has 3 aromatic heterocycles. The van der Waals surface area contributed by atoms with Crippen LogP contribution in [-0.4, -0.2) is 40.8 Å². The zero-order valence-corrected chi connectivity index (χ0v) is 19.4. The lowest BCUT2D eigenvalue weighted by Gasteiger charge is -2.20. The molecule has 0 spiro atoms. The number of thioether (sulfide) groups is 1. The van der Waals surface area contributed by atoms with Crippen molar-refractivity contribution >= 4 is 23.2 Å². The maximum Gasteiger partial charge on any atom is 0.368 e. The molecular formula is C23H26N6O3S. The molecular weight excluding hydrogens is 440 g/mol. The minimum absolute atomic E-state index is 0.0248. The lowest BCUT2D eigenvalue weighted by atomic mass is 9.98. The Labute approximate surface area is 195 Å². The Kier molecular flexibility index (Phi) is 7.05. The van der Waals surface area contributed by atoms with Gasteiger partial charge in [0.15, 0.2) is 0 Å². The van der Waals surface area contributed by atoms with Crippen molar-refractivity contribution in [2.45, 2.75) is 49.9 Å². The summed E-state index contributed by atoms with van der Waals surface area (Å²) >= 11 is 1.49. The van der Waals surface area contributed by atoms with Gasteiger partial charge < -0.3 is 19.8 Å². The summed E-state index contributed by atoms with van der Waals surface area (Å²) in [6.07, 6.45) is 7.56. The molecule has 0 bridgehead atoms. The van der Waals surface area contributed by atoms with Crippen LogP contribution in [0.1, 0.15) is 47.5 Å². The van der Waals surface area contributed by atoms with E-state index >= 15 is 0 Å². The van der Waals surface area contributed by atoms with Crippen molar-refractivity contribution in [3.8, 4) is 0 Å². The molecule has 0 saturated carbocycles. The summed E-state index contributed by atoms with van der Waals surface area (Å²) in [7, 11) is 0. The van der Waals surface area contributed by atoms with Gasteiger partial charge in [-0.3, -0.25) is 0 Å². The average molecular weight is 467 g/mol. The molecule has 3 heterocycles. The van der Waals surface area contributed by atoms with Crippen LogP contribution in [0.3, 0.4) is 0 Å². The lowest BCUT2D eigenvalue weighted by Crippen LogP contribution is -2.08. The maximum atomic E-state index is 11.3. The highest BCUT2D eigenvalue weighted by molar-refractivity contribution is 7.99. The molecule has 4 rings (SSSR count). The largest absolute Gasteiger partial charge is 0.396 e. The number of aliphatic hydroxyl groups is 1. The molecule has 0 fully saturated rings. The molecule has 1 unspecified atom stereocenters. The van der Waals surface area contributed by atoms with Crippen LogP contribution in [0.5, 0.6) is 0 Å². The smallest absolute Gasteiger partial charge is 0.368 e. The first-order valence-corrected chi connectivity index (χ1v) is 11.7. The second-order valence-electron chi connectivity index (χ2n) is 7.79. The van der Waals surface area contributed by atoms with Gasteiger partial charge in [0.05, 0.1) is 0 Å². The van der Waals surface area contributed by atoms with Gasteiger partial charge in [-0.25, -0.2) is 9.97 Å². The van der Waals surface area contributed by atoms with E-state index in [1.165, 1.54) is 28.0 Å². The van der Waals surface area contributed by atoms with Gasteiger partial charge in [-0.2, -0.15) is 0 Å². The van der Waals surface area contributed by atoms with Crippen molar-refractivity contribution in [2.75, 3.05) is 6.61 Å². The van der Waals surface area contributed by atoms with Crippen molar-refractivity contribution in [1.29, 1.82) is 0 Å². The van der Waals surface area contributed by atoms with E-state index in [-0.39, 0.29) is 17.7 Å². The van der Waals surface area contributed by atoms with Gasteiger partial charge in [-0.05, 0) is 47.4 Å². The molecule has 0 aliphatic heterocycles. The van der Waals surface area contributed by atoms with Gasteiger partial charge in [0, 0.05) is 43.3 Å². The lowest BCUT2D eigenvalue weighted by molar-refractivity contribution is -0.391. The fourth-order valence-corrected chi connectivity index (χ4v) is 5.09. The summed E-state index contributed by atoms with van der Waals surface area (Å²) in [6.45, 7) is 5.00. The number of nitrogens with zero attached hydrogens (tertiary/aromatic N) is 6. The van der Waals surface area contributed by atoms with E-state index in [1.54, 1.807) is 6.07 Å². The van der Waals surface area contributed by atoms with Gasteiger partial charge in [-0.1, -0.05) is 46.5 Å². The highest BCUT2D eigenvalue weighted by Crippen LogP contribution is 2.39. The number of hydrogen-bond acceptors (Lipinski definition) is 7. The fourth-order valence-electron chi connectivity index (χ4n) is 3.92. The van der Waals surface area contributed by atoms with Gasteiger partial charge in [0.1, 0.15) is 17.0 Å². The first-order valence-electron chi connectivity index (χ1n) is 10.9. The van der Waals surface area contributed by atoms with Crippen LogP contribution in [0, 0.1) is 17.0 Å². The second kappa shape index (κ2) is 10.1. The Morgan fingerprint density at radius 3 is 2.85 bits per heavy atom. The summed E-state index contributed by atoms with van der Waals surface area (Å²) < 4.78 is 3.42. The third-order valence-electron chi connectivity index (χ3n) is 5.61. The molecule has 0 radical (unpaired) electrons. The van der Waals surface area contributed by atoms with Crippen molar-refractivity contribution < 1.29 is 10.0 Å². The van der Waals surface area contributed by atoms with Crippen LogP contribution in [-0.2, 0) is 13.0 Å². The third-order valence-corrected chi connectivity index (χ3v) is 6.85. The van der Waals surface area contributed by atoms with E-state index in [1.807, 2.05) is 24.5 Å². The number of hydrogen-bond donors (Lipinski definition) is 1. The monoisotopic (exact) mass is 466 g/mol. The second-order valence-corrected chi connectivity index (χ2v) is 9.01. The first-order chi connectivity index (χ1) is 16.0. The number of imidazole rings is 2. The van der Waals surface area contributed by atoms with Gasteiger partial charge in [0.25, 0.3) is 0 Å². The van der Waals surface area contributed by atoms with Crippen molar-refractivity contribution in [2.24, 2.45) is 0 Å². The normalized spacial score (nSPS) is 12.3. The molecule has 0 amide bonds. The molecule has 172 valence electrons. The van der Waals surface area contributed by atoms with Crippen LogP contribution < -0.4 is 0 Å². The van der Waals surface area contributed by atoms with Crippen LogP contribution in [0.15, 0.2) is 53.9 Å². The maximum absolute atomic E-state index is 11.3. The molecule has 0 saturated heterocycles. The number of benzene rings is 1. The summed E-state index contributed by atoms with van der Waals surface area (Å²) in [5, 5.41) is 26.0. The van der Waals surface area contributed by atoms with Crippen LogP contribution in [0.4, 0.5) is 5.82 Å². The van der Waals surface area contributed by atoms with E-state index in [0.717, 1.165) is 36.3 Å². The number of nitro groups is 1. The summed E-state index contributed by atoms with van der Waals surface area (Å²) in [6, 6.07) is 9.76. The summed E-state index contributed by atoms with van der Waals surface area (Å²) in [5.41, 5.74) is 3.89. The van der Waals surface area contributed by atoms with Crippen molar-refractivity contribution in [3.05, 3.63) is 81.6 Å². The molecule has 1 N–H and O–H groups in total. The quantitative estimate of drug-likeness (QED) is 0.210. The fraction of sp³-hybridized carbons (Fsp3) is 0.348. The van der Waals surface area contributed by atoms with E-state index < -0.39 is 4.92 Å². The van der Waals surface area contributed by atoms with E-state index in [2.05, 4.69) is 45.6 Å². The molecule has 1 aromatic carbocycles. The predicted molar refractivity (Wildman–Crippen MR) is 126 cm³/mol. The summed E-state index contributed by atoms with van der Waals surface area (Å²) in [4.78, 5) is 19.3. The molecule has 0 aliphatic carbocycles. The number of aryl methyl sites for hydroxylation is 1. The van der Waals surface area contributed by atoms with Gasteiger partial charge >= 0.3 is 5.82 Å². The number of fused-ring (bicyclic) bond motifs is 1. The zero-order valence-electron chi connectivity index (χ0n) is 18.6. The molecule has 4 aromatic rings. The standard InChI is InChI=1S/C23H26N6O3S/c1-3-5-20-24-11-12-27(20)15-17-6-4-7-18(16(17)2)19(10-13-30)33-22-9-8-21-25-14-23(29(31)32)28(21)26-22/h4,6-9,11-12,14,19,30H,3,5,10,13,15H2,1-2H3. The Morgan fingerprint density at radius 2 is 2.09 bits per heavy atom. The van der Waals surface area contributed by atoms with E-state index in [9.17, 15) is 15.2 Å². The third kappa shape index (κ3) is 4.91. The minimum Gasteiger partial charge on any atom is -0.396 e. The van der Waals surface area contributed by atoms with Crippen LogP contribution in [0.2, 0.25) is 0 Å². The first kappa shape index (κ1) is 22.9. The van der Waals surface area contributed by atoms with E-state index in [0.29, 0.717) is 17.1 Å². The average Bonchev–Trinajstić information content (AvgIpc) is 3.42.